The van der Waals surface area contributed by atoms with E-state index in [4.69, 9.17) is 5.11 Å². The van der Waals surface area contributed by atoms with E-state index < -0.39 is 5.97 Å². The zero-order chi connectivity index (χ0) is 15.5. The van der Waals surface area contributed by atoms with Crippen molar-refractivity contribution < 1.29 is 14.7 Å². The molecule has 0 radical (unpaired) electrons. The van der Waals surface area contributed by atoms with Gasteiger partial charge in [0.05, 0.1) is 23.5 Å². The minimum atomic E-state index is -1.10. The molecule has 1 aliphatic carbocycles. The summed E-state index contributed by atoms with van der Waals surface area (Å²) >= 11 is 0. The van der Waals surface area contributed by atoms with Crippen LogP contribution < -0.4 is 5.32 Å². The fourth-order valence-corrected chi connectivity index (χ4v) is 2.86. The van der Waals surface area contributed by atoms with E-state index in [0.29, 0.717) is 0 Å². The fourth-order valence-electron chi connectivity index (χ4n) is 2.86. The third kappa shape index (κ3) is 2.83. The Morgan fingerprint density at radius 2 is 2.05 bits per heavy atom. The quantitative estimate of drug-likeness (QED) is 0.891. The number of aromatic nitrogens is 3. The van der Waals surface area contributed by atoms with Crippen molar-refractivity contribution in [3.63, 3.8) is 0 Å². The topological polar surface area (TPSA) is 97.1 Å². The van der Waals surface area contributed by atoms with E-state index in [1.165, 1.54) is 18.5 Å². The summed E-state index contributed by atoms with van der Waals surface area (Å²) in [4.78, 5) is 31.1. The summed E-state index contributed by atoms with van der Waals surface area (Å²) in [6, 6.07) is 1.53. The van der Waals surface area contributed by atoms with Gasteiger partial charge in [-0.1, -0.05) is 0 Å². The van der Waals surface area contributed by atoms with E-state index in [2.05, 4.69) is 15.3 Å². The molecule has 0 spiro atoms. The number of nitrogens with zero attached hydrogens (tertiary/aromatic N) is 3. The van der Waals surface area contributed by atoms with Gasteiger partial charge in [0, 0.05) is 30.8 Å². The molecule has 0 aliphatic heterocycles. The maximum Gasteiger partial charge on any atom is 0.337 e. The maximum absolute atomic E-state index is 12.3. The van der Waals surface area contributed by atoms with Crippen LogP contribution in [0, 0.1) is 0 Å². The molecule has 2 aromatic heterocycles. The lowest BCUT2D eigenvalue weighted by molar-refractivity contribution is 0.0696. The first-order valence-corrected chi connectivity index (χ1v) is 7.12. The van der Waals surface area contributed by atoms with E-state index in [1.54, 1.807) is 12.5 Å². The summed E-state index contributed by atoms with van der Waals surface area (Å²) in [6.07, 6.45) is 10.9. The monoisotopic (exact) mass is 300 g/mol. The highest BCUT2D eigenvalue weighted by Crippen LogP contribution is 2.30. The Morgan fingerprint density at radius 3 is 2.77 bits per heavy atom. The zero-order valence-corrected chi connectivity index (χ0v) is 11.8. The van der Waals surface area contributed by atoms with E-state index >= 15 is 0 Å². The van der Waals surface area contributed by atoms with E-state index in [1.807, 2.05) is 10.8 Å². The predicted molar refractivity (Wildman–Crippen MR) is 77.6 cm³/mol. The molecule has 0 bridgehead atoms. The number of amides is 1. The molecular weight excluding hydrogens is 284 g/mol. The van der Waals surface area contributed by atoms with Gasteiger partial charge in [-0.3, -0.25) is 9.78 Å². The van der Waals surface area contributed by atoms with Crippen LogP contribution in [0.4, 0.5) is 0 Å². The minimum absolute atomic E-state index is 0.00484. The van der Waals surface area contributed by atoms with Crippen molar-refractivity contribution in [1.29, 1.82) is 0 Å². The second kappa shape index (κ2) is 5.97. The van der Waals surface area contributed by atoms with Crippen LogP contribution in [0.3, 0.4) is 0 Å². The summed E-state index contributed by atoms with van der Waals surface area (Å²) in [5.41, 5.74) is 0.265. The molecule has 114 valence electrons. The number of carboxylic acid groups (broad SMARTS) is 1. The summed E-state index contributed by atoms with van der Waals surface area (Å²) in [6.45, 7) is 0. The third-order valence-electron chi connectivity index (χ3n) is 3.95. The number of pyridine rings is 1. The summed E-state index contributed by atoms with van der Waals surface area (Å²) in [5.74, 6) is -1.40. The molecule has 1 fully saturated rings. The summed E-state index contributed by atoms with van der Waals surface area (Å²) < 4.78 is 2.00. The van der Waals surface area contributed by atoms with Crippen LogP contribution >= 0.6 is 0 Å². The van der Waals surface area contributed by atoms with Gasteiger partial charge in [0.1, 0.15) is 0 Å². The second-order valence-electron chi connectivity index (χ2n) is 5.36. The van der Waals surface area contributed by atoms with Crippen LogP contribution in [0.1, 0.15) is 46.0 Å². The van der Waals surface area contributed by atoms with Crippen LogP contribution in [0.15, 0.2) is 37.2 Å². The maximum atomic E-state index is 12.3. The predicted octanol–water partition coefficient (Wildman–Crippen LogP) is 1.50. The van der Waals surface area contributed by atoms with Crippen LogP contribution in [0.2, 0.25) is 0 Å². The Labute approximate surface area is 127 Å². The van der Waals surface area contributed by atoms with Crippen molar-refractivity contribution in [2.75, 3.05) is 0 Å². The van der Waals surface area contributed by atoms with Gasteiger partial charge in [0.25, 0.3) is 5.91 Å². The molecule has 2 aromatic rings. The van der Waals surface area contributed by atoms with Gasteiger partial charge >= 0.3 is 5.97 Å². The van der Waals surface area contributed by atoms with Crippen LogP contribution in [-0.4, -0.2) is 37.6 Å². The molecule has 7 nitrogen and oxygen atoms in total. The lowest BCUT2D eigenvalue weighted by Gasteiger charge is -2.22. The zero-order valence-electron chi connectivity index (χ0n) is 11.8. The van der Waals surface area contributed by atoms with Crippen molar-refractivity contribution in [2.24, 2.45) is 0 Å². The number of aromatic carboxylic acids is 1. The van der Waals surface area contributed by atoms with Crippen molar-refractivity contribution in [1.82, 2.24) is 19.9 Å². The highest BCUT2D eigenvalue weighted by Gasteiger charge is 2.30. The van der Waals surface area contributed by atoms with E-state index in [0.717, 1.165) is 19.3 Å². The molecule has 2 heterocycles. The molecule has 2 atom stereocenters. The van der Waals surface area contributed by atoms with Gasteiger partial charge < -0.3 is 15.0 Å². The van der Waals surface area contributed by atoms with Crippen molar-refractivity contribution in [3.05, 3.63) is 48.3 Å². The molecule has 0 saturated heterocycles. The number of imidazole rings is 1. The molecule has 2 N–H and O–H groups in total. The van der Waals surface area contributed by atoms with Gasteiger partial charge in [0.2, 0.25) is 0 Å². The second-order valence-corrected chi connectivity index (χ2v) is 5.36. The highest BCUT2D eigenvalue weighted by molar-refractivity contribution is 5.97. The van der Waals surface area contributed by atoms with Gasteiger partial charge in [-0.15, -0.1) is 0 Å². The lowest BCUT2D eigenvalue weighted by atomic mass is 10.1. The number of hydrogen-bond donors (Lipinski definition) is 2. The average Bonchev–Trinajstić information content (AvgIpc) is 3.18. The first-order chi connectivity index (χ1) is 10.6. The Hall–Kier alpha value is -2.70. The molecule has 3 rings (SSSR count). The number of carboxylic acids is 1. The number of nitrogens with one attached hydrogen (secondary N) is 1. The molecule has 0 aromatic carbocycles. The van der Waals surface area contributed by atoms with Gasteiger partial charge in [-0.05, 0) is 25.3 Å². The van der Waals surface area contributed by atoms with E-state index in [9.17, 15) is 9.59 Å². The Bertz CT molecular complexity index is 684. The molecule has 0 unspecified atom stereocenters. The summed E-state index contributed by atoms with van der Waals surface area (Å²) in [5, 5.41) is 11.9. The van der Waals surface area contributed by atoms with Gasteiger partial charge in [-0.2, -0.15) is 0 Å². The Kier molecular flexibility index (Phi) is 3.86. The lowest BCUT2D eigenvalue weighted by Crippen LogP contribution is -2.38. The van der Waals surface area contributed by atoms with Crippen molar-refractivity contribution in [2.45, 2.75) is 31.3 Å². The Morgan fingerprint density at radius 1 is 1.23 bits per heavy atom. The molecule has 1 saturated carbocycles. The van der Waals surface area contributed by atoms with Gasteiger partial charge in [-0.25, -0.2) is 9.78 Å². The summed E-state index contributed by atoms with van der Waals surface area (Å²) in [7, 11) is 0. The molecule has 22 heavy (non-hydrogen) atoms. The Balaban J connectivity index is 1.73. The normalized spacial score (nSPS) is 20.7. The molecule has 1 amide bonds. The largest absolute Gasteiger partial charge is 0.478 e. The number of carbonyl (C=O) groups is 2. The SMILES string of the molecule is O=C(O)c1cncc(C(=O)N[C@@H]2CCC[C@@H]2n2ccnc2)c1. The van der Waals surface area contributed by atoms with Crippen molar-refractivity contribution >= 4 is 11.9 Å². The molecule has 1 aliphatic rings. The number of rotatable bonds is 4. The van der Waals surface area contributed by atoms with Crippen molar-refractivity contribution in [3.8, 4) is 0 Å². The first kappa shape index (κ1) is 14.2. The smallest absolute Gasteiger partial charge is 0.337 e. The number of carbonyl (C=O) groups excluding carboxylic acids is 1. The standard InChI is InChI=1S/C15H16N4O3/c20-14(10-6-11(15(21)22)8-17-7-10)18-12-2-1-3-13(12)19-5-4-16-9-19/h4-9,12-13H,1-3H2,(H,18,20)(H,21,22)/t12-,13+/m1/s1. The third-order valence-corrected chi connectivity index (χ3v) is 3.95. The average molecular weight is 300 g/mol. The highest BCUT2D eigenvalue weighted by atomic mass is 16.4. The van der Waals surface area contributed by atoms with Crippen LogP contribution in [0.5, 0.6) is 0 Å². The van der Waals surface area contributed by atoms with E-state index in [-0.39, 0.29) is 29.1 Å². The van der Waals surface area contributed by atoms with Crippen LogP contribution in [0.25, 0.3) is 0 Å². The van der Waals surface area contributed by atoms with Gasteiger partial charge in [0.15, 0.2) is 0 Å². The fraction of sp³-hybridized carbons (Fsp3) is 0.333. The first-order valence-electron chi connectivity index (χ1n) is 7.12. The molecule has 7 heteroatoms. The molecular formula is C15H16N4O3. The minimum Gasteiger partial charge on any atom is -0.478 e. The van der Waals surface area contributed by atoms with Crippen LogP contribution in [-0.2, 0) is 0 Å². The number of hydrogen-bond acceptors (Lipinski definition) is 4.